The lowest BCUT2D eigenvalue weighted by atomic mass is 10.0. The summed E-state index contributed by atoms with van der Waals surface area (Å²) in [5.41, 5.74) is 1.42. The molecule has 34 heavy (non-hydrogen) atoms. The molecule has 0 bridgehead atoms. The summed E-state index contributed by atoms with van der Waals surface area (Å²) in [6.45, 7) is 6.86. The third-order valence-electron chi connectivity index (χ3n) is 7.51. The summed E-state index contributed by atoms with van der Waals surface area (Å²) in [5.74, 6) is 0. The molecule has 1 aliphatic rings. The van der Waals surface area contributed by atoms with Crippen LogP contribution in [0.1, 0.15) is 141 Å². The van der Waals surface area contributed by atoms with E-state index in [4.69, 9.17) is 0 Å². The Kier molecular flexibility index (Phi) is 16.8. The molecule has 0 amide bonds. The van der Waals surface area contributed by atoms with Gasteiger partial charge in [-0.25, -0.2) is 0 Å². The molecule has 1 heterocycles. The molecule has 2 heteroatoms. The highest BCUT2D eigenvalue weighted by Crippen LogP contribution is 2.24. The Morgan fingerprint density at radius 1 is 0.529 bits per heavy atom. The third-order valence-corrected chi connectivity index (χ3v) is 7.51. The summed E-state index contributed by atoms with van der Waals surface area (Å²) in [7, 11) is 0. The molecule has 1 aliphatic heterocycles. The molecule has 1 atom stereocenters. The van der Waals surface area contributed by atoms with Crippen LogP contribution in [0.4, 0.5) is 0 Å². The summed E-state index contributed by atoms with van der Waals surface area (Å²) >= 11 is 0. The quantitative estimate of drug-likeness (QED) is 0.156. The second kappa shape index (κ2) is 19.8. The number of unbranched alkanes of at least 4 members (excludes halogenated alkanes) is 16. The lowest BCUT2D eigenvalue weighted by Gasteiger charge is -2.33. The van der Waals surface area contributed by atoms with E-state index in [1.807, 2.05) is 0 Å². The van der Waals surface area contributed by atoms with Gasteiger partial charge < -0.3 is 9.80 Å². The molecule has 0 N–H and O–H groups in total. The fraction of sp³-hybridized carbons (Fsp3) is 0.750. The zero-order chi connectivity index (χ0) is 24.1. The molecule has 1 unspecified atom stereocenters. The van der Waals surface area contributed by atoms with E-state index in [-0.39, 0.29) is 0 Å². The standard InChI is InChI=1S/C32H56N2/c1-3-5-7-8-9-10-11-12-13-14-15-16-17-18-23-27-33-28-29-34(32(33)26-20-6-4-2)30-31-24-21-19-22-25-31/h19,21-22,24-25,28-29,32H,3-18,20,23,26-27,30H2,1-2H3. The van der Waals surface area contributed by atoms with Crippen LogP contribution in [0.5, 0.6) is 0 Å². The van der Waals surface area contributed by atoms with Crippen LogP contribution >= 0.6 is 0 Å². The van der Waals surface area contributed by atoms with Crippen molar-refractivity contribution in [1.29, 1.82) is 0 Å². The second-order valence-corrected chi connectivity index (χ2v) is 10.6. The predicted octanol–water partition coefficient (Wildman–Crippen LogP) is 10.1. The van der Waals surface area contributed by atoms with Crippen molar-refractivity contribution in [3.05, 3.63) is 48.3 Å². The van der Waals surface area contributed by atoms with Crippen molar-refractivity contribution >= 4 is 0 Å². The maximum absolute atomic E-state index is 2.63. The number of hydrogen-bond donors (Lipinski definition) is 0. The van der Waals surface area contributed by atoms with Crippen LogP contribution in [0, 0.1) is 0 Å². The van der Waals surface area contributed by atoms with E-state index in [0.717, 1.165) is 6.54 Å². The van der Waals surface area contributed by atoms with Crippen LogP contribution in [0.15, 0.2) is 42.7 Å². The molecule has 0 aliphatic carbocycles. The molecule has 0 aromatic heterocycles. The maximum atomic E-state index is 2.63. The normalized spacial score (nSPS) is 15.5. The van der Waals surface area contributed by atoms with Gasteiger partial charge in [-0.3, -0.25) is 0 Å². The molecule has 0 radical (unpaired) electrons. The minimum atomic E-state index is 0.554. The van der Waals surface area contributed by atoms with E-state index in [0.29, 0.717) is 6.17 Å². The Balaban J connectivity index is 1.50. The molecule has 194 valence electrons. The van der Waals surface area contributed by atoms with Gasteiger partial charge in [0, 0.05) is 25.5 Å². The molecule has 0 spiro atoms. The lowest BCUT2D eigenvalue weighted by Crippen LogP contribution is -2.38. The summed E-state index contributed by atoms with van der Waals surface area (Å²) in [5, 5.41) is 0. The third kappa shape index (κ3) is 12.9. The molecule has 1 aromatic carbocycles. The van der Waals surface area contributed by atoms with E-state index in [9.17, 15) is 0 Å². The van der Waals surface area contributed by atoms with Crippen LogP contribution in [0.25, 0.3) is 0 Å². The SMILES string of the molecule is CCCCCCCCCCCCCCCCCN1C=CN(Cc2ccccc2)C1CCCCC. The molecular formula is C32H56N2. The average molecular weight is 469 g/mol. The van der Waals surface area contributed by atoms with Gasteiger partial charge in [-0.05, 0) is 24.8 Å². The number of nitrogens with zero attached hydrogens (tertiary/aromatic N) is 2. The first kappa shape index (κ1) is 28.8. The number of benzene rings is 1. The maximum Gasteiger partial charge on any atom is 0.101 e. The first-order valence-corrected chi connectivity index (χ1v) is 15.1. The van der Waals surface area contributed by atoms with Gasteiger partial charge in [0.05, 0.1) is 0 Å². The van der Waals surface area contributed by atoms with Gasteiger partial charge in [0.1, 0.15) is 6.17 Å². The monoisotopic (exact) mass is 468 g/mol. The Bertz CT molecular complexity index is 596. The first-order valence-electron chi connectivity index (χ1n) is 15.1. The topological polar surface area (TPSA) is 6.48 Å². The van der Waals surface area contributed by atoms with E-state index >= 15 is 0 Å². The predicted molar refractivity (Wildman–Crippen MR) is 151 cm³/mol. The van der Waals surface area contributed by atoms with Gasteiger partial charge in [-0.1, -0.05) is 147 Å². The van der Waals surface area contributed by atoms with Crippen molar-refractivity contribution < 1.29 is 0 Å². The molecule has 1 aromatic rings. The van der Waals surface area contributed by atoms with Gasteiger partial charge in [-0.15, -0.1) is 0 Å². The van der Waals surface area contributed by atoms with Crippen LogP contribution < -0.4 is 0 Å². The zero-order valence-corrected chi connectivity index (χ0v) is 22.9. The van der Waals surface area contributed by atoms with Crippen LogP contribution in [-0.4, -0.2) is 22.5 Å². The molecule has 2 nitrogen and oxygen atoms in total. The minimum absolute atomic E-state index is 0.554. The fourth-order valence-electron chi connectivity index (χ4n) is 5.31. The Morgan fingerprint density at radius 3 is 1.56 bits per heavy atom. The summed E-state index contributed by atoms with van der Waals surface area (Å²) in [6.07, 6.45) is 32.1. The summed E-state index contributed by atoms with van der Waals surface area (Å²) in [4.78, 5) is 5.19. The Labute approximate surface area is 213 Å². The molecule has 0 saturated carbocycles. The van der Waals surface area contributed by atoms with Crippen molar-refractivity contribution in [2.24, 2.45) is 0 Å². The fourth-order valence-corrected chi connectivity index (χ4v) is 5.31. The molecular weight excluding hydrogens is 412 g/mol. The lowest BCUT2D eigenvalue weighted by molar-refractivity contribution is 0.132. The summed E-state index contributed by atoms with van der Waals surface area (Å²) in [6, 6.07) is 11.0. The highest BCUT2D eigenvalue weighted by Gasteiger charge is 2.25. The van der Waals surface area contributed by atoms with Crippen molar-refractivity contribution in [2.75, 3.05) is 6.54 Å². The number of rotatable bonds is 22. The van der Waals surface area contributed by atoms with Gasteiger partial charge in [-0.2, -0.15) is 0 Å². The van der Waals surface area contributed by atoms with Crippen molar-refractivity contribution in [3.8, 4) is 0 Å². The summed E-state index contributed by atoms with van der Waals surface area (Å²) < 4.78 is 0. The molecule has 2 rings (SSSR count). The largest absolute Gasteiger partial charge is 0.356 e. The van der Waals surface area contributed by atoms with Crippen molar-refractivity contribution in [1.82, 2.24) is 9.80 Å². The second-order valence-electron chi connectivity index (χ2n) is 10.6. The molecule has 0 saturated heterocycles. The van der Waals surface area contributed by atoms with E-state index in [1.165, 1.54) is 134 Å². The smallest absolute Gasteiger partial charge is 0.101 e. The highest BCUT2D eigenvalue weighted by atomic mass is 15.4. The van der Waals surface area contributed by atoms with E-state index in [2.05, 4.69) is 66.4 Å². The zero-order valence-electron chi connectivity index (χ0n) is 22.9. The van der Waals surface area contributed by atoms with Crippen LogP contribution in [0.3, 0.4) is 0 Å². The Hall–Kier alpha value is -1.44. The van der Waals surface area contributed by atoms with Crippen molar-refractivity contribution in [2.45, 2.75) is 149 Å². The Morgan fingerprint density at radius 2 is 1.00 bits per heavy atom. The highest BCUT2D eigenvalue weighted by molar-refractivity contribution is 5.15. The van der Waals surface area contributed by atoms with Gasteiger partial charge >= 0.3 is 0 Å². The van der Waals surface area contributed by atoms with Crippen LogP contribution in [0.2, 0.25) is 0 Å². The van der Waals surface area contributed by atoms with Crippen LogP contribution in [-0.2, 0) is 6.54 Å². The van der Waals surface area contributed by atoms with Crippen molar-refractivity contribution in [3.63, 3.8) is 0 Å². The molecule has 0 fully saturated rings. The van der Waals surface area contributed by atoms with Gasteiger partial charge in [0.25, 0.3) is 0 Å². The minimum Gasteiger partial charge on any atom is -0.356 e. The van der Waals surface area contributed by atoms with Gasteiger partial charge in [0.2, 0.25) is 0 Å². The van der Waals surface area contributed by atoms with E-state index in [1.54, 1.807) is 0 Å². The average Bonchev–Trinajstić information content (AvgIpc) is 3.23. The van der Waals surface area contributed by atoms with E-state index < -0.39 is 0 Å². The van der Waals surface area contributed by atoms with Gasteiger partial charge in [0.15, 0.2) is 0 Å². The first-order chi connectivity index (χ1) is 16.8. The number of hydrogen-bond acceptors (Lipinski definition) is 2.